The Morgan fingerprint density at radius 2 is 0.962 bits per heavy atom. The van der Waals surface area contributed by atoms with E-state index in [-0.39, 0.29) is 34.8 Å². The van der Waals surface area contributed by atoms with Crippen LogP contribution in [0.2, 0.25) is 0 Å². The number of carbonyl (C=O) groups excluding carboxylic acids is 2. The second-order valence-electron chi connectivity index (χ2n) is 15.1. The minimum atomic E-state index is -2.74. The molecule has 12 nitrogen and oxygen atoms in total. The Hall–Kier alpha value is -1.80. The summed E-state index contributed by atoms with van der Waals surface area (Å²) in [4.78, 5) is 35.5. The van der Waals surface area contributed by atoms with Gasteiger partial charge in [0.15, 0.2) is 0 Å². The molecule has 2 amide bonds. The van der Waals surface area contributed by atoms with E-state index in [1.807, 2.05) is 81.3 Å². The summed E-state index contributed by atoms with van der Waals surface area (Å²) in [6.45, 7) is 37.3. The minimum absolute atomic E-state index is 0.0946. The Kier molecular flexibility index (Phi) is 59.5. The van der Waals surface area contributed by atoms with E-state index in [4.69, 9.17) is 15.6 Å². The van der Waals surface area contributed by atoms with Crippen LogP contribution < -0.4 is 16.4 Å². The number of sulfone groups is 1. The van der Waals surface area contributed by atoms with Gasteiger partial charge in [0.25, 0.3) is 0 Å². The molecular weight excluding hydrogens is 683 g/mol. The fourth-order valence-corrected chi connectivity index (χ4v) is 0.985. The lowest BCUT2D eigenvalue weighted by Gasteiger charge is -2.12. The first-order valence-corrected chi connectivity index (χ1v) is 20.7. The number of nitrogens with one attached hydrogen (secondary N) is 2. The number of nitrogens with two attached hydrogens (primary N) is 1. The van der Waals surface area contributed by atoms with Crippen LogP contribution >= 0.6 is 0 Å². The first-order valence-electron chi connectivity index (χ1n) is 18.8. The van der Waals surface area contributed by atoms with Crippen molar-refractivity contribution in [1.29, 1.82) is 0 Å². The van der Waals surface area contributed by atoms with Gasteiger partial charge in [0, 0.05) is 50.9 Å². The maximum atomic E-state index is 11.0. The van der Waals surface area contributed by atoms with Crippen LogP contribution in [0.15, 0.2) is 0 Å². The van der Waals surface area contributed by atoms with Gasteiger partial charge >= 0.3 is 5.97 Å². The van der Waals surface area contributed by atoms with Crippen LogP contribution in [0, 0.1) is 23.7 Å². The fourth-order valence-electron chi connectivity index (χ4n) is 0.985. The molecule has 5 N–H and O–H groups in total. The number of carboxylic acids is 1. The van der Waals surface area contributed by atoms with E-state index >= 15 is 0 Å². The highest BCUT2D eigenvalue weighted by molar-refractivity contribution is 7.91. The molecule has 0 aliphatic rings. The number of nitrogens with zero attached hydrogens (tertiary/aromatic N) is 2. The second-order valence-corrected chi connectivity index (χ2v) is 17.7. The summed E-state index contributed by atoms with van der Waals surface area (Å²) >= 11 is 0. The highest BCUT2D eigenvalue weighted by Crippen LogP contribution is 1.94. The second kappa shape index (κ2) is 45.4. The number of rotatable bonds is 11. The Balaban J connectivity index is -0.0000000723. The zero-order chi connectivity index (χ0) is 44.0. The molecule has 0 bridgehead atoms. The summed E-state index contributed by atoms with van der Waals surface area (Å²) in [6.07, 6.45) is 2.92. The lowest BCUT2D eigenvalue weighted by Crippen LogP contribution is -2.33. The van der Waals surface area contributed by atoms with Crippen LogP contribution in [-0.2, 0) is 29.0 Å². The number of ether oxygens (including phenoxy) is 1. The monoisotopic (exact) mass is 776 g/mol. The Morgan fingerprint density at radius 1 is 0.712 bits per heavy atom. The van der Waals surface area contributed by atoms with Gasteiger partial charge in [-0.25, -0.2) is 8.42 Å². The summed E-state index contributed by atoms with van der Waals surface area (Å²) in [5.74, 6) is 0.390. The lowest BCUT2D eigenvalue weighted by molar-refractivity contribution is -0.140. The van der Waals surface area contributed by atoms with Crippen LogP contribution in [0.5, 0.6) is 0 Å². The normalized spacial score (nSPS) is 10.3. The lowest BCUT2D eigenvalue weighted by atomic mass is 10.2. The number of hydrogen-bond donors (Lipinski definition) is 4. The van der Waals surface area contributed by atoms with Crippen molar-refractivity contribution < 1.29 is 32.6 Å². The number of carboxylic acid groups (broad SMARTS) is 1. The Labute approximate surface area is 325 Å². The maximum Gasteiger partial charge on any atom is 0.305 e. The molecule has 0 spiro atoms. The number of methoxy groups -OCH3 is 1. The summed E-state index contributed by atoms with van der Waals surface area (Å²) in [7, 11) is 7.08. The third-order valence-corrected chi connectivity index (χ3v) is 7.64. The van der Waals surface area contributed by atoms with Gasteiger partial charge in [0.05, 0.1) is 17.3 Å². The summed E-state index contributed by atoms with van der Waals surface area (Å²) < 4.78 is 25.4. The van der Waals surface area contributed by atoms with E-state index in [1.165, 1.54) is 12.7 Å². The smallest absolute Gasteiger partial charge is 0.305 e. The highest BCUT2D eigenvalue weighted by atomic mass is 32.2. The van der Waals surface area contributed by atoms with Crippen molar-refractivity contribution in [2.45, 2.75) is 154 Å². The van der Waals surface area contributed by atoms with E-state index in [0.717, 1.165) is 25.6 Å². The average molecular weight is 776 g/mol. The van der Waals surface area contributed by atoms with E-state index < -0.39 is 15.8 Å². The molecule has 0 aliphatic heterocycles. The van der Waals surface area contributed by atoms with Crippen LogP contribution in [0.1, 0.15) is 131 Å². The molecule has 0 heterocycles. The van der Waals surface area contributed by atoms with Crippen molar-refractivity contribution >= 4 is 27.6 Å². The molecule has 0 saturated carbocycles. The number of carbonyl (C=O) groups is 3. The third kappa shape index (κ3) is 97.4. The number of aliphatic carboxylic acids is 1. The number of likely N-dealkylation sites (N-methyl/N-ethyl adjacent to an activating group) is 1. The number of hydrogen-bond acceptors (Lipinski definition) is 9. The largest absolute Gasteiger partial charge is 0.481 e. The molecule has 0 aromatic heterocycles. The van der Waals surface area contributed by atoms with E-state index in [9.17, 15) is 22.8 Å². The first-order chi connectivity index (χ1) is 23.2. The van der Waals surface area contributed by atoms with Crippen LogP contribution in [0.4, 0.5) is 0 Å². The molecule has 0 unspecified atom stereocenters. The maximum absolute atomic E-state index is 11.0. The van der Waals surface area contributed by atoms with Crippen LogP contribution in [0.3, 0.4) is 0 Å². The molecular formula is C39H93N5O7S. The van der Waals surface area contributed by atoms with E-state index in [1.54, 1.807) is 34.8 Å². The predicted octanol–water partition coefficient (Wildman–Crippen LogP) is 6.67. The van der Waals surface area contributed by atoms with Crippen LogP contribution in [0.25, 0.3) is 0 Å². The van der Waals surface area contributed by atoms with Gasteiger partial charge < -0.3 is 36.0 Å². The Bertz CT molecular complexity index is 842. The Morgan fingerprint density at radius 3 is 1.06 bits per heavy atom. The quantitative estimate of drug-likeness (QED) is 0.178. The molecule has 0 aliphatic carbocycles. The van der Waals surface area contributed by atoms with Crippen LogP contribution in [-0.4, -0.2) is 126 Å². The van der Waals surface area contributed by atoms with Gasteiger partial charge in [-0.3, -0.25) is 14.4 Å². The molecule has 0 rings (SSSR count). The van der Waals surface area contributed by atoms with Gasteiger partial charge in [0.2, 0.25) is 11.8 Å². The highest BCUT2D eigenvalue weighted by Gasteiger charge is 2.06. The van der Waals surface area contributed by atoms with Crippen molar-refractivity contribution in [3.63, 3.8) is 0 Å². The summed E-state index contributed by atoms with van der Waals surface area (Å²) in [5.41, 5.74) is 5.11. The zero-order valence-corrected chi connectivity index (χ0v) is 39.5. The van der Waals surface area contributed by atoms with Gasteiger partial charge in [-0.1, -0.05) is 82.6 Å². The van der Waals surface area contributed by atoms with Crippen molar-refractivity contribution in [3.8, 4) is 0 Å². The van der Waals surface area contributed by atoms with Crippen molar-refractivity contribution in [2.75, 3.05) is 61.2 Å². The third-order valence-electron chi connectivity index (χ3n) is 5.93. The summed E-state index contributed by atoms with van der Waals surface area (Å²) in [5, 5.41) is 13.3. The molecule has 0 aromatic carbocycles. The zero-order valence-electron chi connectivity index (χ0n) is 38.7. The molecule has 52 heavy (non-hydrogen) atoms. The standard InChI is InChI=1S/C8H18N2O.C6H13NO.C5H13N.C5H12.C4H10O2S.C4H8O2.C4H10O.C3H9N/c1-7(2)8(11)9-5-6-10(3)4;1-4-7-6(8)5(2)3;1-5(2)6(3)4;1-4-5(2)3;1-4(2)7(3,5)6;1-3(2)4(5)6;1-4(2)5-3;1-3(2)4/h7H,5-6H2,1-4H3,(H,9,11);5H,4H2,1-3H3,(H,7,8);5H,1-4H3;5H,4H2,1-3H3;4H,1-3H3;3H,1-2H3,(H,5,6);4H,1-3H3;3H,4H2,1-2H3. The summed E-state index contributed by atoms with van der Waals surface area (Å²) in [6, 6.07) is 1.02. The van der Waals surface area contributed by atoms with Gasteiger partial charge in [-0.2, -0.15) is 0 Å². The first kappa shape index (κ1) is 68.2. The predicted molar refractivity (Wildman–Crippen MR) is 228 cm³/mol. The molecule has 0 fully saturated rings. The molecule has 0 atom stereocenters. The molecule has 0 radical (unpaired) electrons. The minimum Gasteiger partial charge on any atom is -0.481 e. The molecule has 0 aromatic rings. The average Bonchev–Trinajstić information content (AvgIpc) is 2.97. The van der Waals surface area contributed by atoms with Crippen molar-refractivity contribution in [3.05, 3.63) is 0 Å². The molecule has 13 heteroatoms. The number of amides is 2. The SMILES string of the molecule is CC(C)C(=O)NCCN(C)C.CC(C)C(=O)O.CC(C)N.CC(C)N(C)C.CC(C)S(C)(=O)=O.CCC(C)C.CCNC(=O)C(C)C.COC(C)C. The van der Waals surface area contributed by atoms with Gasteiger partial charge in [0.1, 0.15) is 9.84 Å². The van der Waals surface area contributed by atoms with Gasteiger partial charge in [-0.05, 0) is 88.6 Å². The molecule has 0 saturated heterocycles. The van der Waals surface area contributed by atoms with E-state index in [2.05, 4.69) is 64.2 Å². The molecule has 322 valence electrons. The topological polar surface area (TPSA) is 171 Å². The fraction of sp³-hybridized carbons (Fsp3) is 0.923. The van der Waals surface area contributed by atoms with Crippen molar-refractivity contribution in [1.82, 2.24) is 20.4 Å². The van der Waals surface area contributed by atoms with Gasteiger partial charge in [-0.15, -0.1) is 0 Å². The van der Waals surface area contributed by atoms with E-state index in [0.29, 0.717) is 18.2 Å². The van der Waals surface area contributed by atoms with Crippen molar-refractivity contribution in [2.24, 2.45) is 29.4 Å².